The first-order valence-electron chi connectivity index (χ1n) is 10.8. The lowest BCUT2D eigenvalue weighted by atomic mass is 10.0. The minimum Gasteiger partial charge on any atom is -0.480 e. The lowest BCUT2D eigenvalue weighted by molar-refractivity contribution is -0.142. The van der Waals surface area contributed by atoms with Crippen molar-refractivity contribution in [1.29, 1.82) is 0 Å². The molecule has 0 radical (unpaired) electrons. The van der Waals surface area contributed by atoms with Gasteiger partial charge in [-0.05, 0) is 37.0 Å². The Balaban J connectivity index is 2.97. The van der Waals surface area contributed by atoms with Crippen molar-refractivity contribution in [3.05, 3.63) is 42.0 Å². The number of carboxylic acids is 1. The maximum absolute atomic E-state index is 12.9. The van der Waals surface area contributed by atoms with Gasteiger partial charge >= 0.3 is 5.97 Å². The van der Waals surface area contributed by atoms with Crippen molar-refractivity contribution in [2.24, 2.45) is 11.7 Å². The molecule has 33 heavy (non-hydrogen) atoms. The zero-order valence-corrected chi connectivity index (χ0v) is 19.1. The number of carbonyl (C=O) groups excluding carboxylic acids is 4. The van der Waals surface area contributed by atoms with E-state index in [9.17, 15) is 29.1 Å². The summed E-state index contributed by atoms with van der Waals surface area (Å²) in [6.45, 7) is 5.37. The third kappa shape index (κ3) is 9.55. The maximum atomic E-state index is 12.9. The molecule has 10 nitrogen and oxygen atoms in total. The van der Waals surface area contributed by atoms with Crippen LogP contribution in [0.25, 0.3) is 0 Å². The topological polar surface area (TPSA) is 168 Å². The van der Waals surface area contributed by atoms with E-state index in [0.717, 1.165) is 12.8 Å². The van der Waals surface area contributed by atoms with Gasteiger partial charge in [0.15, 0.2) is 0 Å². The van der Waals surface area contributed by atoms with Crippen molar-refractivity contribution >= 4 is 35.3 Å². The summed E-state index contributed by atoms with van der Waals surface area (Å²) >= 11 is 0. The van der Waals surface area contributed by atoms with Crippen LogP contribution in [0, 0.1) is 5.92 Å². The molecule has 0 aliphatic heterocycles. The molecule has 0 saturated carbocycles. The summed E-state index contributed by atoms with van der Waals surface area (Å²) in [5.74, 6) is -4.09. The molecule has 0 aliphatic carbocycles. The van der Waals surface area contributed by atoms with Crippen LogP contribution in [0.2, 0.25) is 0 Å². The normalized spacial score (nSPS) is 12.7. The molecular weight excluding hydrogens is 428 g/mol. The number of hydrogen-bond donors (Lipinski definition) is 5. The van der Waals surface area contributed by atoms with Crippen molar-refractivity contribution in [2.45, 2.75) is 58.5 Å². The summed E-state index contributed by atoms with van der Waals surface area (Å²) in [6, 6.07) is 3.96. The van der Waals surface area contributed by atoms with Crippen LogP contribution in [0.5, 0.6) is 0 Å². The Morgan fingerprint density at radius 3 is 2.33 bits per heavy atom. The molecule has 0 heterocycles. The van der Waals surface area contributed by atoms with Crippen LogP contribution in [0.15, 0.2) is 36.4 Å². The predicted octanol–water partition coefficient (Wildman–Crippen LogP) is 1.57. The van der Waals surface area contributed by atoms with Gasteiger partial charge in [0.1, 0.15) is 12.1 Å². The second kappa shape index (κ2) is 13.7. The summed E-state index contributed by atoms with van der Waals surface area (Å²) in [6.07, 6.45) is 4.38. The number of amides is 4. The molecule has 4 amide bonds. The van der Waals surface area contributed by atoms with Gasteiger partial charge < -0.3 is 26.8 Å². The van der Waals surface area contributed by atoms with Gasteiger partial charge in [0.05, 0.1) is 11.3 Å². The Morgan fingerprint density at radius 1 is 1.09 bits per heavy atom. The minimum atomic E-state index is -1.33. The molecule has 1 aromatic rings. The third-order valence-electron chi connectivity index (χ3n) is 4.68. The zero-order valence-electron chi connectivity index (χ0n) is 19.1. The highest BCUT2D eigenvalue weighted by molar-refractivity contribution is 6.07. The van der Waals surface area contributed by atoms with Crippen LogP contribution in [0.4, 0.5) is 5.69 Å². The SMILES string of the molecule is CCC/C=C/C(=O)Nc1ccccc1C(=O)N[C@H](C(=O)N[C@H](CCC(N)=O)C(=O)O)C(C)C. The maximum Gasteiger partial charge on any atom is 0.326 e. The van der Waals surface area contributed by atoms with Gasteiger partial charge in [0, 0.05) is 6.42 Å². The summed E-state index contributed by atoms with van der Waals surface area (Å²) in [7, 11) is 0. The molecule has 1 rings (SSSR count). The van der Waals surface area contributed by atoms with Crippen LogP contribution >= 0.6 is 0 Å². The van der Waals surface area contributed by atoms with E-state index >= 15 is 0 Å². The number of carbonyl (C=O) groups is 5. The zero-order chi connectivity index (χ0) is 25.0. The van der Waals surface area contributed by atoms with Crippen LogP contribution in [-0.2, 0) is 19.2 Å². The van der Waals surface area contributed by atoms with E-state index in [-0.39, 0.29) is 35.9 Å². The first-order chi connectivity index (χ1) is 15.6. The van der Waals surface area contributed by atoms with Gasteiger partial charge in [-0.15, -0.1) is 0 Å². The summed E-state index contributed by atoms with van der Waals surface area (Å²) in [5.41, 5.74) is 5.48. The Hall–Kier alpha value is -3.69. The van der Waals surface area contributed by atoms with Gasteiger partial charge in [0.25, 0.3) is 5.91 Å². The average molecular weight is 461 g/mol. The van der Waals surface area contributed by atoms with Crippen LogP contribution in [-0.4, -0.2) is 46.8 Å². The number of benzene rings is 1. The van der Waals surface area contributed by atoms with Gasteiger partial charge in [0.2, 0.25) is 17.7 Å². The van der Waals surface area contributed by atoms with Crippen molar-refractivity contribution in [3.8, 4) is 0 Å². The molecule has 2 atom stereocenters. The van der Waals surface area contributed by atoms with E-state index in [2.05, 4.69) is 16.0 Å². The fourth-order valence-corrected chi connectivity index (χ4v) is 2.88. The van der Waals surface area contributed by atoms with Crippen molar-refractivity contribution in [2.75, 3.05) is 5.32 Å². The second-order valence-corrected chi connectivity index (χ2v) is 7.83. The molecule has 0 aliphatic rings. The van der Waals surface area contributed by atoms with Gasteiger partial charge in [-0.2, -0.15) is 0 Å². The number of allylic oxidation sites excluding steroid dienone is 1. The number of para-hydroxylation sites is 1. The summed E-state index contributed by atoms with van der Waals surface area (Å²) < 4.78 is 0. The van der Waals surface area contributed by atoms with E-state index in [4.69, 9.17) is 5.73 Å². The van der Waals surface area contributed by atoms with Gasteiger partial charge in [-0.25, -0.2) is 4.79 Å². The minimum absolute atomic E-state index is 0.150. The lowest BCUT2D eigenvalue weighted by Gasteiger charge is -2.24. The fraction of sp³-hybridized carbons (Fsp3) is 0.435. The fourth-order valence-electron chi connectivity index (χ4n) is 2.88. The van der Waals surface area contributed by atoms with Crippen molar-refractivity contribution in [3.63, 3.8) is 0 Å². The highest BCUT2D eigenvalue weighted by atomic mass is 16.4. The Morgan fingerprint density at radius 2 is 1.76 bits per heavy atom. The quantitative estimate of drug-likeness (QED) is 0.280. The van der Waals surface area contributed by atoms with E-state index in [0.29, 0.717) is 0 Å². The number of primary amides is 1. The Bertz CT molecular complexity index is 897. The highest BCUT2D eigenvalue weighted by Crippen LogP contribution is 2.16. The van der Waals surface area contributed by atoms with Crippen molar-refractivity contribution in [1.82, 2.24) is 10.6 Å². The first-order valence-corrected chi connectivity index (χ1v) is 10.8. The third-order valence-corrected chi connectivity index (χ3v) is 4.68. The molecule has 0 fully saturated rings. The van der Waals surface area contributed by atoms with E-state index in [1.165, 1.54) is 12.1 Å². The molecule has 0 unspecified atom stereocenters. The number of rotatable bonds is 13. The monoisotopic (exact) mass is 460 g/mol. The van der Waals surface area contributed by atoms with Gasteiger partial charge in [-0.1, -0.05) is 45.4 Å². The number of carboxylic acid groups (broad SMARTS) is 1. The molecule has 6 N–H and O–H groups in total. The number of hydrogen-bond acceptors (Lipinski definition) is 5. The van der Waals surface area contributed by atoms with E-state index in [1.54, 1.807) is 38.1 Å². The first kappa shape index (κ1) is 27.3. The van der Waals surface area contributed by atoms with E-state index in [1.807, 2.05) is 6.92 Å². The highest BCUT2D eigenvalue weighted by Gasteiger charge is 2.29. The number of nitrogens with one attached hydrogen (secondary N) is 3. The largest absolute Gasteiger partial charge is 0.480 e. The molecule has 0 spiro atoms. The summed E-state index contributed by atoms with van der Waals surface area (Å²) in [4.78, 5) is 60.2. The Labute approximate surface area is 193 Å². The standard InChI is InChI=1S/C23H32N4O6/c1-4-5-6-11-19(29)25-16-10-8-7-9-15(16)21(30)27-20(14(2)3)22(31)26-17(23(32)33)12-13-18(24)28/h6-11,14,17,20H,4-5,12-13H2,1-3H3,(H2,24,28)(H,25,29)(H,26,31)(H,27,30)(H,32,33)/b11-6+/t17-,20+/m1/s1. The molecule has 180 valence electrons. The second-order valence-electron chi connectivity index (χ2n) is 7.83. The van der Waals surface area contributed by atoms with Crippen LogP contribution in [0.3, 0.4) is 0 Å². The predicted molar refractivity (Wildman–Crippen MR) is 123 cm³/mol. The van der Waals surface area contributed by atoms with E-state index < -0.39 is 35.8 Å². The smallest absolute Gasteiger partial charge is 0.326 e. The lowest BCUT2D eigenvalue weighted by Crippen LogP contribution is -2.53. The number of aliphatic carboxylic acids is 1. The van der Waals surface area contributed by atoms with Crippen LogP contribution < -0.4 is 21.7 Å². The molecular formula is C23H32N4O6. The molecule has 1 aromatic carbocycles. The number of anilines is 1. The van der Waals surface area contributed by atoms with Crippen LogP contribution in [0.1, 0.15) is 56.8 Å². The molecule has 0 bridgehead atoms. The molecule has 10 heteroatoms. The molecule has 0 aromatic heterocycles. The van der Waals surface area contributed by atoms with Crippen molar-refractivity contribution < 1.29 is 29.1 Å². The number of unbranched alkanes of at least 4 members (excludes halogenated alkanes) is 1. The Kier molecular flexibility index (Phi) is 11.3. The average Bonchev–Trinajstić information content (AvgIpc) is 2.74. The summed E-state index contributed by atoms with van der Waals surface area (Å²) in [5, 5.41) is 16.9. The van der Waals surface area contributed by atoms with Gasteiger partial charge in [-0.3, -0.25) is 19.2 Å². The molecule has 0 saturated heterocycles. The number of nitrogens with two attached hydrogens (primary N) is 1.